The lowest BCUT2D eigenvalue weighted by molar-refractivity contribution is 0.299. The molecule has 1 atom stereocenters. The second-order valence-corrected chi connectivity index (χ2v) is 5.36. The third-order valence-electron chi connectivity index (χ3n) is 2.77. The summed E-state index contributed by atoms with van der Waals surface area (Å²) in [7, 11) is 0. The number of rotatable bonds is 5. The summed E-state index contributed by atoms with van der Waals surface area (Å²) in [5.41, 5.74) is 8.05. The first-order chi connectivity index (χ1) is 7.97. The van der Waals surface area contributed by atoms with Crippen LogP contribution in [0, 0.1) is 0 Å². The molecule has 0 aliphatic rings. The molecular weight excluding hydrogens is 280 g/mol. The van der Waals surface area contributed by atoms with Crippen LogP contribution in [0.4, 0.5) is 5.69 Å². The average Bonchev–Trinajstić information content (AvgIpc) is 2.26. The molecule has 1 rings (SSSR count). The fourth-order valence-electron chi connectivity index (χ4n) is 1.80. The number of hydrogen-bond donors (Lipinski definition) is 2. The fourth-order valence-corrected chi connectivity index (χ4v) is 2.43. The Hall–Kier alpha value is -0.580. The van der Waals surface area contributed by atoms with Crippen molar-refractivity contribution in [1.29, 1.82) is 0 Å². The van der Waals surface area contributed by atoms with Gasteiger partial charge in [-0.3, -0.25) is 0 Å². The third-order valence-corrected chi connectivity index (χ3v) is 3.41. The molecule has 0 amide bonds. The first-order valence-electron chi connectivity index (χ1n) is 5.90. The van der Waals surface area contributed by atoms with Crippen LogP contribution in [-0.2, 0) is 0 Å². The zero-order chi connectivity index (χ0) is 13.0. The Bertz CT molecular complexity index is 366. The quantitative estimate of drug-likeness (QED) is 0.879. The second kappa shape index (κ2) is 6.38. The summed E-state index contributed by atoms with van der Waals surface area (Å²) in [4.78, 5) is 2.16. The maximum atomic E-state index is 9.10. The summed E-state index contributed by atoms with van der Waals surface area (Å²) >= 11 is 3.58. The first-order valence-corrected chi connectivity index (χ1v) is 6.69. The van der Waals surface area contributed by atoms with Gasteiger partial charge in [0.1, 0.15) is 0 Å². The van der Waals surface area contributed by atoms with Gasteiger partial charge in [0.15, 0.2) is 0 Å². The van der Waals surface area contributed by atoms with Crippen molar-refractivity contribution in [1.82, 2.24) is 0 Å². The van der Waals surface area contributed by atoms with Crippen molar-refractivity contribution < 1.29 is 5.11 Å². The van der Waals surface area contributed by atoms with Gasteiger partial charge in [-0.05, 0) is 54.4 Å². The summed E-state index contributed by atoms with van der Waals surface area (Å²) in [6.07, 6.45) is 0. The minimum Gasteiger partial charge on any atom is -0.395 e. The predicted molar refractivity (Wildman–Crippen MR) is 76.3 cm³/mol. The third kappa shape index (κ3) is 3.69. The Labute approximate surface area is 112 Å². The number of aliphatic hydroxyl groups is 1. The molecule has 0 aliphatic heterocycles. The minimum atomic E-state index is 0.0330. The van der Waals surface area contributed by atoms with E-state index < -0.39 is 0 Å². The van der Waals surface area contributed by atoms with Gasteiger partial charge in [-0.2, -0.15) is 0 Å². The van der Waals surface area contributed by atoms with Crippen molar-refractivity contribution in [2.75, 3.05) is 18.1 Å². The normalized spacial score (nSPS) is 12.9. The molecule has 0 spiro atoms. The van der Waals surface area contributed by atoms with Crippen LogP contribution in [0.2, 0.25) is 0 Å². The van der Waals surface area contributed by atoms with Crippen LogP contribution in [0.5, 0.6) is 0 Å². The monoisotopic (exact) mass is 300 g/mol. The molecule has 1 aromatic rings. The van der Waals surface area contributed by atoms with Crippen molar-refractivity contribution in [3.05, 3.63) is 28.2 Å². The van der Waals surface area contributed by atoms with E-state index in [-0.39, 0.29) is 12.6 Å². The number of benzene rings is 1. The van der Waals surface area contributed by atoms with Crippen LogP contribution in [0.3, 0.4) is 0 Å². The van der Waals surface area contributed by atoms with Crippen LogP contribution in [0.15, 0.2) is 22.7 Å². The highest BCUT2D eigenvalue weighted by molar-refractivity contribution is 9.10. The van der Waals surface area contributed by atoms with Gasteiger partial charge < -0.3 is 15.7 Å². The lowest BCUT2D eigenvalue weighted by Crippen LogP contribution is -2.33. The Morgan fingerprint density at radius 2 is 2.00 bits per heavy atom. The molecule has 1 aromatic carbocycles. The Morgan fingerprint density at radius 1 is 1.35 bits per heavy atom. The van der Waals surface area contributed by atoms with Crippen molar-refractivity contribution in [3.63, 3.8) is 0 Å². The molecule has 0 bridgehead atoms. The number of hydrogen-bond acceptors (Lipinski definition) is 3. The summed E-state index contributed by atoms with van der Waals surface area (Å²) < 4.78 is 1.02. The van der Waals surface area contributed by atoms with Gasteiger partial charge in [-0.1, -0.05) is 6.07 Å². The average molecular weight is 301 g/mol. The molecule has 0 fully saturated rings. The number of nitrogens with zero attached hydrogens (tertiary/aromatic N) is 1. The van der Waals surface area contributed by atoms with Gasteiger partial charge in [0.2, 0.25) is 0 Å². The van der Waals surface area contributed by atoms with Crippen molar-refractivity contribution in [3.8, 4) is 0 Å². The highest BCUT2D eigenvalue weighted by atomic mass is 79.9. The number of nitrogens with two attached hydrogens (primary N) is 1. The summed E-state index contributed by atoms with van der Waals surface area (Å²) in [5, 5.41) is 9.10. The molecule has 0 aromatic heterocycles. The summed E-state index contributed by atoms with van der Waals surface area (Å²) in [6.45, 7) is 6.98. The minimum absolute atomic E-state index is 0.0330. The maximum absolute atomic E-state index is 9.10. The molecule has 0 radical (unpaired) electrons. The topological polar surface area (TPSA) is 49.5 Å². The number of anilines is 1. The lowest BCUT2D eigenvalue weighted by atomic mass is 10.1. The highest BCUT2D eigenvalue weighted by Crippen LogP contribution is 2.30. The van der Waals surface area contributed by atoms with Crippen LogP contribution in [0.1, 0.15) is 32.4 Å². The van der Waals surface area contributed by atoms with Gasteiger partial charge in [-0.25, -0.2) is 0 Å². The Kier molecular flexibility index (Phi) is 5.43. The maximum Gasteiger partial charge on any atom is 0.0606 e. The summed E-state index contributed by atoms with van der Waals surface area (Å²) in [5.74, 6) is 0. The lowest BCUT2D eigenvalue weighted by Gasteiger charge is -2.29. The predicted octanol–water partition coefficient (Wildman–Crippen LogP) is 2.68. The molecule has 4 heteroatoms. The molecule has 3 N–H and O–H groups in total. The molecule has 3 nitrogen and oxygen atoms in total. The van der Waals surface area contributed by atoms with Crippen molar-refractivity contribution in [2.45, 2.75) is 32.9 Å². The van der Waals surface area contributed by atoms with Crippen LogP contribution < -0.4 is 10.6 Å². The molecule has 17 heavy (non-hydrogen) atoms. The van der Waals surface area contributed by atoms with Crippen molar-refractivity contribution in [2.24, 2.45) is 5.73 Å². The smallest absolute Gasteiger partial charge is 0.0606 e. The van der Waals surface area contributed by atoms with Crippen LogP contribution in [-0.4, -0.2) is 24.3 Å². The number of halogens is 1. The molecule has 0 aliphatic carbocycles. The standard InChI is InChI=1S/C13H21BrN2O/c1-9(2)16(6-7-17)13-5-4-11(10(3)15)8-12(13)14/h4-5,8-10,17H,6-7,15H2,1-3H3/t10-/m0/s1. The van der Waals surface area contributed by atoms with Crippen molar-refractivity contribution >= 4 is 21.6 Å². The van der Waals surface area contributed by atoms with Gasteiger partial charge in [0, 0.05) is 23.1 Å². The molecule has 0 saturated heterocycles. The van der Waals surface area contributed by atoms with Gasteiger partial charge in [0.05, 0.1) is 12.3 Å². The molecule has 0 heterocycles. The Balaban J connectivity index is 3.04. The molecule has 0 saturated carbocycles. The zero-order valence-electron chi connectivity index (χ0n) is 10.7. The zero-order valence-corrected chi connectivity index (χ0v) is 12.2. The van der Waals surface area contributed by atoms with Gasteiger partial charge in [-0.15, -0.1) is 0 Å². The SMILES string of the molecule is CC(C)N(CCO)c1ccc([C@H](C)N)cc1Br. The van der Waals surface area contributed by atoms with E-state index in [0.29, 0.717) is 12.6 Å². The van der Waals surface area contributed by atoms with E-state index in [1.807, 2.05) is 19.1 Å². The molecular formula is C13H21BrN2O. The summed E-state index contributed by atoms with van der Waals surface area (Å²) in [6, 6.07) is 6.52. The van der Waals surface area contributed by atoms with E-state index in [4.69, 9.17) is 10.8 Å². The highest BCUT2D eigenvalue weighted by Gasteiger charge is 2.14. The van der Waals surface area contributed by atoms with Crippen LogP contribution in [0.25, 0.3) is 0 Å². The van der Waals surface area contributed by atoms with Gasteiger partial charge >= 0.3 is 0 Å². The van der Waals surface area contributed by atoms with E-state index in [0.717, 1.165) is 15.7 Å². The molecule has 0 unspecified atom stereocenters. The van der Waals surface area contributed by atoms with E-state index >= 15 is 0 Å². The fraction of sp³-hybridized carbons (Fsp3) is 0.538. The molecule has 96 valence electrons. The van der Waals surface area contributed by atoms with E-state index in [1.165, 1.54) is 0 Å². The van der Waals surface area contributed by atoms with E-state index in [1.54, 1.807) is 0 Å². The van der Waals surface area contributed by atoms with E-state index in [9.17, 15) is 0 Å². The Morgan fingerprint density at radius 3 is 2.41 bits per heavy atom. The first kappa shape index (κ1) is 14.5. The largest absolute Gasteiger partial charge is 0.395 e. The second-order valence-electron chi connectivity index (χ2n) is 4.51. The van der Waals surface area contributed by atoms with Crippen LogP contribution >= 0.6 is 15.9 Å². The van der Waals surface area contributed by atoms with E-state index in [2.05, 4.69) is 40.7 Å². The number of aliphatic hydroxyl groups excluding tert-OH is 1. The van der Waals surface area contributed by atoms with Gasteiger partial charge in [0.25, 0.3) is 0 Å².